The van der Waals surface area contributed by atoms with Gasteiger partial charge in [-0.25, -0.2) is 9.78 Å². The third-order valence-electron chi connectivity index (χ3n) is 2.84. The quantitative estimate of drug-likeness (QED) is 0.928. The van der Waals surface area contributed by atoms with E-state index in [1.165, 1.54) is 0 Å². The second kappa shape index (κ2) is 6.24. The number of carbonyl (C=O) groups excluding carboxylic acids is 1. The zero-order chi connectivity index (χ0) is 14.7. The van der Waals surface area contributed by atoms with E-state index in [0.29, 0.717) is 17.3 Å². The Morgan fingerprint density at radius 1 is 1.45 bits per heavy atom. The molecule has 0 unspecified atom stereocenters. The maximum absolute atomic E-state index is 12.1. The molecular weight excluding hydrogens is 294 g/mol. The van der Waals surface area contributed by atoms with Crippen molar-refractivity contribution in [3.05, 3.63) is 44.9 Å². The molecule has 0 radical (unpaired) electrons. The van der Waals surface area contributed by atoms with Crippen LogP contribution in [-0.2, 0) is 6.54 Å². The van der Waals surface area contributed by atoms with Crippen molar-refractivity contribution < 1.29 is 4.79 Å². The highest BCUT2D eigenvalue weighted by molar-refractivity contribution is 7.09. The van der Waals surface area contributed by atoms with E-state index in [0.717, 1.165) is 16.3 Å². The van der Waals surface area contributed by atoms with Gasteiger partial charge in [-0.2, -0.15) is 0 Å². The Morgan fingerprint density at radius 2 is 2.20 bits per heavy atom. The van der Waals surface area contributed by atoms with Crippen LogP contribution in [-0.4, -0.2) is 23.0 Å². The van der Waals surface area contributed by atoms with Crippen molar-refractivity contribution in [3.8, 4) is 0 Å². The Balaban J connectivity index is 1.98. The fourth-order valence-corrected chi connectivity index (χ4v) is 2.47. The largest absolute Gasteiger partial charge is 0.322 e. The number of amides is 2. The van der Waals surface area contributed by atoms with Crippen molar-refractivity contribution in [3.63, 3.8) is 0 Å². The summed E-state index contributed by atoms with van der Waals surface area (Å²) in [4.78, 5) is 18.0. The first kappa shape index (κ1) is 14.8. The van der Waals surface area contributed by atoms with Gasteiger partial charge in [0, 0.05) is 23.1 Å². The molecule has 6 heteroatoms. The number of anilines is 1. The van der Waals surface area contributed by atoms with Gasteiger partial charge in [-0.1, -0.05) is 17.7 Å². The van der Waals surface area contributed by atoms with Crippen LogP contribution in [0.3, 0.4) is 0 Å². The van der Waals surface area contributed by atoms with Gasteiger partial charge in [0.15, 0.2) is 0 Å². The van der Waals surface area contributed by atoms with Crippen molar-refractivity contribution in [2.45, 2.75) is 20.4 Å². The minimum absolute atomic E-state index is 0.185. The Kier molecular flexibility index (Phi) is 4.62. The second-order valence-electron chi connectivity index (χ2n) is 4.61. The number of hydrogen-bond acceptors (Lipinski definition) is 3. The van der Waals surface area contributed by atoms with Crippen LogP contribution < -0.4 is 5.32 Å². The molecule has 1 aromatic heterocycles. The lowest BCUT2D eigenvalue weighted by Gasteiger charge is -2.17. The van der Waals surface area contributed by atoms with Crippen LogP contribution in [0.5, 0.6) is 0 Å². The third-order valence-corrected chi connectivity index (χ3v) is 4.07. The van der Waals surface area contributed by atoms with Crippen molar-refractivity contribution in [2.75, 3.05) is 12.4 Å². The van der Waals surface area contributed by atoms with Gasteiger partial charge in [-0.3, -0.25) is 0 Å². The number of hydrogen-bond donors (Lipinski definition) is 1. The molecule has 0 fully saturated rings. The molecule has 2 amide bonds. The maximum Gasteiger partial charge on any atom is 0.321 e. The predicted octanol–water partition coefficient (Wildman–Crippen LogP) is 4.08. The molecule has 0 atom stereocenters. The number of aryl methyl sites for hydroxylation is 2. The molecule has 0 bridgehead atoms. The molecule has 0 aliphatic rings. The van der Waals surface area contributed by atoms with E-state index >= 15 is 0 Å². The molecule has 0 aliphatic carbocycles. The molecular formula is C14H16ClN3OS. The van der Waals surface area contributed by atoms with Gasteiger partial charge in [0.1, 0.15) is 0 Å². The van der Waals surface area contributed by atoms with Gasteiger partial charge in [-0.05, 0) is 31.5 Å². The number of carbonyl (C=O) groups is 1. The minimum Gasteiger partial charge on any atom is -0.322 e. The summed E-state index contributed by atoms with van der Waals surface area (Å²) < 4.78 is 0. The molecule has 2 aromatic rings. The van der Waals surface area contributed by atoms with Crippen LogP contribution in [0.25, 0.3) is 0 Å². The number of aromatic nitrogens is 1. The number of urea groups is 1. The van der Waals surface area contributed by atoms with Gasteiger partial charge in [0.2, 0.25) is 0 Å². The van der Waals surface area contributed by atoms with Gasteiger partial charge >= 0.3 is 6.03 Å². The average molecular weight is 310 g/mol. The normalized spacial score (nSPS) is 10.4. The topological polar surface area (TPSA) is 45.2 Å². The van der Waals surface area contributed by atoms with Crippen molar-refractivity contribution in [1.82, 2.24) is 9.88 Å². The lowest BCUT2D eigenvalue weighted by atomic mass is 10.2. The smallest absolute Gasteiger partial charge is 0.321 e. The highest BCUT2D eigenvalue weighted by Gasteiger charge is 2.11. The summed E-state index contributed by atoms with van der Waals surface area (Å²) in [5.74, 6) is 0. The predicted molar refractivity (Wildman–Crippen MR) is 83.5 cm³/mol. The summed E-state index contributed by atoms with van der Waals surface area (Å²) in [6, 6.07) is 5.27. The number of halogens is 1. The number of nitrogens with zero attached hydrogens (tertiary/aromatic N) is 2. The van der Waals surface area contributed by atoms with Crippen molar-refractivity contribution in [1.29, 1.82) is 0 Å². The van der Waals surface area contributed by atoms with Gasteiger partial charge in [0.25, 0.3) is 0 Å². The van der Waals surface area contributed by atoms with Crippen LogP contribution in [0, 0.1) is 13.8 Å². The summed E-state index contributed by atoms with van der Waals surface area (Å²) in [5, 5.41) is 6.41. The van der Waals surface area contributed by atoms with Gasteiger partial charge in [-0.15, -0.1) is 11.3 Å². The summed E-state index contributed by atoms with van der Waals surface area (Å²) in [6.45, 7) is 4.35. The van der Waals surface area contributed by atoms with E-state index in [4.69, 9.17) is 11.6 Å². The Bertz CT molecular complexity index is 627. The lowest BCUT2D eigenvalue weighted by molar-refractivity contribution is 0.220. The van der Waals surface area contributed by atoms with E-state index in [1.54, 1.807) is 29.4 Å². The number of rotatable bonds is 3. The standard InChI is InChI=1S/C14H16ClN3OS/c1-9-4-5-11(6-13(9)15)17-14(19)18(3)7-12-8-20-10(2)16-12/h4-6,8H,7H2,1-3H3,(H,17,19). The Morgan fingerprint density at radius 3 is 2.80 bits per heavy atom. The van der Waals surface area contributed by atoms with Crippen LogP contribution in [0.4, 0.5) is 10.5 Å². The first-order valence-corrected chi connectivity index (χ1v) is 7.41. The lowest BCUT2D eigenvalue weighted by Crippen LogP contribution is -2.30. The summed E-state index contributed by atoms with van der Waals surface area (Å²) in [5.41, 5.74) is 2.56. The number of benzene rings is 1. The van der Waals surface area contributed by atoms with Crippen molar-refractivity contribution in [2.24, 2.45) is 0 Å². The Labute approximate surface area is 127 Å². The fraction of sp³-hybridized carbons (Fsp3) is 0.286. The fourth-order valence-electron chi connectivity index (χ4n) is 1.69. The molecule has 0 saturated heterocycles. The second-order valence-corrected chi connectivity index (χ2v) is 6.08. The third kappa shape index (κ3) is 3.71. The molecule has 4 nitrogen and oxygen atoms in total. The molecule has 0 spiro atoms. The van der Waals surface area contributed by atoms with E-state index in [9.17, 15) is 4.79 Å². The van der Waals surface area contributed by atoms with Gasteiger partial charge < -0.3 is 10.2 Å². The van der Waals surface area contributed by atoms with E-state index in [1.807, 2.05) is 31.4 Å². The first-order valence-electron chi connectivity index (χ1n) is 6.15. The summed E-state index contributed by atoms with van der Waals surface area (Å²) in [6.07, 6.45) is 0. The molecule has 1 aromatic carbocycles. The minimum atomic E-state index is -0.185. The molecule has 2 rings (SSSR count). The van der Waals surface area contributed by atoms with Gasteiger partial charge in [0.05, 0.1) is 17.2 Å². The zero-order valence-corrected chi connectivity index (χ0v) is 13.2. The summed E-state index contributed by atoms with van der Waals surface area (Å²) >= 11 is 7.61. The maximum atomic E-state index is 12.1. The molecule has 0 saturated carbocycles. The van der Waals surface area contributed by atoms with E-state index in [2.05, 4.69) is 10.3 Å². The van der Waals surface area contributed by atoms with Crippen LogP contribution in [0.15, 0.2) is 23.6 Å². The molecule has 106 valence electrons. The first-order chi connectivity index (χ1) is 9.45. The van der Waals surface area contributed by atoms with Crippen LogP contribution >= 0.6 is 22.9 Å². The molecule has 0 aliphatic heterocycles. The van der Waals surface area contributed by atoms with E-state index in [-0.39, 0.29) is 6.03 Å². The SMILES string of the molecule is Cc1nc(CN(C)C(=O)Nc2ccc(C)c(Cl)c2)cs1. The number of nitrogens with one attached hydrogen (secondary N) is 1. The number of thiazole rings is 1. The molecule has 1 N–H and O–H groups in total. The van der Waals surface area contributed by atoms with Crippen LogP contribution in [0.1, 0.15) is 16.3 Å². The average Bonchev–Trinajstić information content (AvgIpc) is 2.79. The van der Waals surface area contributed by atoms with E-state index < -0.39 is 0 Å². The molecule has 20 heavy (non-hydrogen) atoms. The highest BCUT2D eigenvalue weighted by Crippen LogP contribution is 2.20. The molecule has 1 heterocycles. The van der Waals surface area contributed by atoms with Crippen LogP contribution in [0.2, 0.25) is 5.02 Å². The van der Waals surface area contributed by atoms with Crippen molar-refractivity contribution >= 4 is 34.7 Å². The monoisotopic (exact) mass is 309 g/mol. The zero-order valence-electron chi connectivity index (χ0n) is 11.6. The Hall–Kier alpha value is -1.59. The highest BCUT2D eigenvalue weighted by atomic mass is 35.5. The summed E-state index contributed by atoms with van der Waals surface area (Å²) in [7, 11) is 1.74.